The van der Waals surface area contributed by atoms with Crippen molar-refractivity contribution in [1.29, 1.82) is 0 Å². The van der Waals surface area contributed by atoms with Gasteiger partial charge in [0.25, 0.3) is 0 Å². The molecule has 17 heavy (non-hydrogen) atoms. The van der Waals surface area contributed by atoms with E-state index in [4.69, 9.17) is 5.73 Å². The predicted octanol–water partition coefficient (Wildman–Crippen LogP) is 2.69. The van der Waals surface area contributed by atoms with E-state index in [0.29, 0.717) is 5.95 Å². The monoisotopic (exact) mass is 252 g/mol. The minimum absolute atomic E-state index is 0.350. The summed E-state index contributed by atoms with van der Waals surface area (Å²) in [6, 6.07) is 0. The highest BCUT2D eigenvalue weighted by atomic mass is 32.2. The van der Waals surface area contributed by atoms with Gasteiger partial charge < -0.3 is 5.73 Å². The minimum Gasteiger partial charge on any atom is -0.368 e. The Balaban J connectivity index is 1.91. The molecule has 1 aromatic heterocycles. The summed E-state index contributed by atoms with van der Waals surface area (Å²) in [6.45, 7) is 0. The largest absolute Gasteiger partial charge is 0.368 e. The van der Waals surface area contributed by atoms with Crippen LogP contribution in [0.4, 0.5) is 5.95 Å². The smallest absolute Gasteiger partial charge is 0.224 e. The van der Waals surface area contributed by atoms with Crippen molar-refractivity contribution in [3.05, 3.63) is 5.82 Å². The first-order chi connectivity index (χ1) is 8.28. The second-order valence-electron chi connectivity index (χ2n) is 4.64. The van der Waals surface area contributed by atoms with E-state index in [2.05, 4.69) is 15.0 Å². The number of nitrogen functional groups attached to an aromatic ring is 1. The van der Waals surface area contributed by atoms with Crippen LogP contribution in [0.2, 0.25) is 0 Å². The van der Waals surface area contributed by atoms with Gasteiger partial charge in [-0.3, -0.25) is 0 Å². The van der Waals surface area contributed by atoms with Crippen LogP contribution in [0.1, 0.15) is 44.3 Å². The van der Waals surface area contributed by atoms with Crippen molar-refractivity contribution in [2.24, 2.45) is 5.92 Å². The predicted molar refractivity (Wildman–Crippen MR) is 70.9 cm³/mol. The molecule has 0 saturated heterocycles. The van der Waals surface area contributed by atoms with E-state index in [1.165, 1.54) is 50.3 Å². The van der Waals surface area contributed by atoms with Crippen molar-refractivity contribution in [2.45, 2.75) is 50.1 Å². The Morgan fingerprint density at radius 3 is 2.65 bits per heavy atom. The quantitative estimate of drug-likeness (QED) is 0.835. The van der Waals surface area contributed by atoms with Crippen molar-refractivity contribution in [2.75, 3.05) is 12.0 Å². The van der Waals surface area contributed by atoms with Crippen LogP contribution >= 0.6 is 11.8 Å². The SMILES string of the molecule is CSc1nc(N)nc(CCC2CCCCC2)n1. The van der Waals surface area contributed by atoms with Crippen LogP contribution in [0.5, 0.6) is 0 Å². The highest BCUT2D eigenvalue weighted by Crippen LogP contribution is 2.27. The fourth-order valence-electron chi connectivity index (χ4n) is 2.43. The van der Waals surface area contributed by atoms with Crippen LogP contribution in [-0.4, -0.2) is 21.2 Å². The first-order valence-electron chi connectivity index (χ1n) is 6.32. The Morgan fingerprint density at radius 1 is 1.18 bits per heavy atom. The van der Waals surface area contributed by atoms with Gasteiger partial charge in [-0.25, -0.2) is 4.98 Å². The molecule has 1 aliphatic rings. The van der Waals surface area contributed by atoms with Crippen molar-refractivity contribution in [3.8, 4) is 0 Å². The lowest BCUT2D eigenvalue weighted by Gasteiger charge is -2.20. The third-order valence-electron chi connectivity index (χ3n) is 3.36. The van der Waals surface area contributed by atoms with E-state index < -0.39 is 0 Å². The van der Waals surface area contributed by atoms with Crippen LogP contribution < -0.4 is 5.73 Å². The molecule has 0 bridgehead atoms. The fourth-order valence-corrected chi connectivity index (χ4v) is 2.81. The summed E-state index contributed by atoms with van der Waals surface area (Å²) >= 11 is 1.52. The molecule has 0 amide bonds. The van der Waals surface area contributed by atoms with Crippen molar-refractivity contribution in [1.82, 2.24) is 15.0 Å². The molecule has 0 atom stereocenters. The lowest BCUT2D eigenvalue weighted by molar-refractivity contribution is 0.337. The number of aromatic nitrogens is 3. The molecule has 5 heteroatoms. The summed E-state index contributed by atoms with van der Waals surface area (Å²) in [7, 11) is 0. The Kier molecular flexibility index (Phi) is 4.59. The lowest BCUT2D eigenvalue weighted by Crippen LogP contribution is -2.10. The normalized spacial score (nSPS) is 17.2. The average Bonchev–Trinajstić information content (AvgIpc) is 2.37. The molecule has 2 N–H and O–H groups in total. The molecule has 0 radical (unpaired) electrons. The highest BCUT2D eigenvalue weighted by Gasteiger charge is 2.14. The number of anilines is 1. The Morgan fingerprint density at radius 2 is 1.94 bits per heavy atom. The van der Waals surface area contributed by atoms with E-state index >= 15 is 0 Å². The van der Waals surface area contributed by atoms with Gasteiger partial charge in [-0.15, -0.1) is 0 Å². The molecule has 0 aliphatic heterocycles. The van der Waals surface area contributed by atoms with Gasteiger partial charge >= 0.3 is 0 Å². The number of nitrogens with two attached hydrogens (primary N) is 1. The summed E-state index contributed by atoms with van der Waals surface area (Å²) in [5.74, 6) is 2.06. The molecule has 94 valence electrons. The average molecular weight is 252 g/mol. The molecular weight excluding hydrogens is 232 g/mol. The minimum atomic E-state index is 0.350. The first kappa shape index (κ1) is 12.6. The second kappa shape index (κ2) is 6.19. The first-order valence-corrected chi connectivity index (χ1v) is 7.55. The van der Waals surface area contributed by atoms with E-state index in [0.717, 1.165) is 23.3 Å². The molecule has 2 rings (SSSR count). The van der Waals surface area contributed by atoms with Gasteiger partial charge in [0.05, 0.1) is 0 Å². The molecular formula is C12H20N4S. The number of aryl methyl sites for hydroxylation is 1. The molecule has 4 nitrogen and oxygen atoms in total. The zero-order chi connectivity index (χ0) is 12.1. The number of nitrogens with zero attached hydrogens (tertiary/aromatic N) is 3. The molecule has 0 spiro atoms. The van der Waals surface area contributed by atoms with E-state index in [9.17, 15) is 0 Å². The van der Waals surface area contributed by atoms with E-state index in [1.807, 2.05) is 6.26 Å². The second-order valence-corrected chi connectivity index (χ2v) is 5.41. The van der Waals surface area contributed by atoms with Gasteiger partial charge in [-0.1, -0.05) is 43.9 Å². The third-order valence-corrected chi connectivity index (χ3v) is 3.91. The van der Waals surface area contributed by atoms with Crippen LogP contribution in [0, 0.1) is 5.92 Å². The third kappa shape index (κ3) is 3.84. The highest BCUT2D eigenvalue weighted by molar-refractivity contribution is 7.98. The summed E-state index contributed by atoms with van der Waals surface area (Å²) in [4.78, 5) is 12.7. The summed E-state index contributed by atoms with van der Waals surface area (Å²) in [5, 5.41) is 0.733. The van der Waals surface area contributed by atoms with Crippen LogP contribution in [0.25, 0.3) is 0 Å². The molecule has 1 heterocycles. The number of hydrogen-bond acceptors (Lipinski definition) is 5. The zero-order valence-corrected chi connectivity index (χ0v) is 11.2. The van der Waals surface area contributed by atoms with Gasteiger partial charge in [-0.05, 0) is 18.6 Å². The van der Waals surface area contributed by atoms with E-state index in [-0.39, 0.29) is 0 Å². The molecule has 1 aliphatic carbocycles. The van der Waals surface area contributed by atoms with Crippen LogP contribution in [-0.2, 0) is 6.42 Å². The van der Waals surface area contributed by atoms with Gasteiger partial charge in [-0.2, -0.15) is 9.97 Å². The number of thioether (sulfide) groups is 1. The van der Waals surface area contributed by atoms with Crippen LogP contribution in [0.15, 0.2) is 5.16 Å². The standard InChI is InChI=1S/C12H20N4S/c1-17-12-15-10(14-11(13)16-12)8-7-9-5-3-2-4-6-9/h9H,2-8H2,1H3,(H2,13,14,15,16). The molecule has 0 unspecified atom stereocenters. The van der Waals surface area contributed by atoms with E-state index in [1.54, 1.807) is 0 Å². The topological polar surface area (TPSA) is 64.7 Å². The lowest BCUT2D eigenvalue weighted by atomic mass is 9.86. The Bertz CT molecular complexity index is 364. The molecule has 1 saturated carbocycles. The molecule has 1 aromatic rings. The number of rotatable bonds is 4. The molecule has 1 fully saturated rings. The van der Waals surface area contributed by atoms with Crippen molar-refractivity contribution < 1.29 is 0 Å². The Labute approximate surface area is 107 Å². The summed E-state index contributed by atoms with van der Waals surface area (Å²) in [6.07, 6.45) is 11.0. The van der Waals surface area contributed by atoms with Gasteiger partial charge in [0.2, 0.25) is 5.95 Å². The maximum atomic E-state index is 5.67. The van der Waals surface area contributed by atoms with Crippen molar-refractivity contribution in [3.63, 3.8) is 0 Å². The number of hydrogen-bond donors (Lipinski definition) is 1. The van der Waals surface area contributed by atoms with Crippen molar-refractivity contribution >= 4 is 17.7 Å². The summed E-state index contributed by atoms with van der Waals surface area (Å²) < 4.78 is 0. The van der Waals surface area contributed by atoms with Gasteiger partial charge in [0.1, 0.15) is 5.82 Å². The zero-order valence-electron chi connectivity index (χ0n) is 10.4. The molecule has 0 aromatic carbocycles. The van der Waals surface area contributed by atoms with Crippen LogP contribution in [0.3, 0.4) is 0 Å². The maximum Gasteiger partial charge on any atom is 0.224 e. The summed E-state index contributed by atoms with van der Waals surface area (Å²) in [5.41, 5.74) is 5.67. The van der Waals surface area contributed by atoms with Gasteiger partial charge in [0.15, 0.2) is 5.16 Å². The Hall–Kier alpha value is -0.840. The van der Waals surface area contributed by atoms with Gasteiger partial charge in [0, 0.05) is 6.42 Å². The maximum absolute atomic E-state index is 5.67. The fraction of sp³-hybridized carbons (Fsp3) is 0.750.